The van der Waals surface area contributed by atoms with E-state index in [-0.39, 0.29) is 5.95 Å². The quantitative estimate of drug-likeness (QED) is 0.320. The van der Waals surface area contributed by atoms with Crippen LogP contribution in [-0.4, -0.2) is 15.7 Å². The molecule has 0 unspecified atom stereocenters. The molecule has 1 aromatic heterocycles. The number of anilines is 2. The molecule has 1 aliphatic carbocycles. The number of hydrogen-bond donors (Lipinski definition) is 3. The van der Waals surface area contributed by atoms with Crippen molar-refractivity contribution in [3.05, 3.63) is 6.07 Å². The topological polar surface area (TPSA) is 89.8 Å². The summed E-state index contributed by atoms with van der Waals surface area (Å²) in [5.74, 6) is 8.08. The van der Waals surface area contributed by atoms with Crippen LogP contribution in [0.15, 0.2) is 11.1 Å². The van der Waals surface area contributed by atoms with Crippen molar-refractivity contribution in [1.29, 1.82) is 0 Å². The van der Waals surface area contributed by atoms with E-state index in [2.05, 4.69) is 15.4 Å². The Bertz CT molecular complexity index is 351. The fourth-order valence-corrected chi connectivity index (χ4v) is 3.06. The number of nitrogen functional groups attached to an aromatic ring is 2. The first-order chi connectivity index (χ1) is 7.78. The van der Waals surface area contributed by atoms with Gasteiger partial charge in [0.15, 0.2) is 0 Å². The smallest absolute Gasteiger partial charge is 0.223 e. The van der Waals surface area contributed by atoms with Gasteiger partial charge in [0.05, 0.1) is 0 Å². The number of nitrogens with zero attached hydrogens (tertiary/aromatic N) is 2. The summed E-state index contributed by atoms with van der Waals surface area (Å²) in [6.07, 6.45) is 5.42. The van der Waals surface area contributed by atoms with Gasteiger partial charge in [0, 0.05) is 11.8 Å². The van der Waals surface area contributed by atoms with Gasteiger partial charge in [0.2, 0.25) is 5.95 Å². The Morgan fingerprint density at radius 2 is 2.12 bits per heavy atom. The van der Waals surface area contributed by atoms with E-state index >= 15 is 0 Å². The van der Waals surface area contributed by atoms with Crippen LogP contribution in [0, 0.1) is 5.92 Å². The minimum Gasteiger partial charge on any atom is -0.368 e. The van der Waals surface area contributed by atoms with Crippen LogP contribution in [0.4, 0.5) is 11.8 Å². The van der Waals surface area contributed by atoms with Crippen LogP contribution >= 0.6 is 11.8 Å². The largest absolute Gasteiger partial charge is 0.368 e. The molecule has 0 saturated heterocycles. The number of nitrogens with two attached hydrogens (primary N) is 2. The zero-order chi connectivity index (χ0) is 11.4. The summed E-state index contributed by atoms with van der Waals surface area (Å²) < 4.78 is 0. The molecule has 1 fully saturated rings. The lowest BCUT2D eigenvalue weighted by atomic mass is 10.1. The molecule has 0 amide bonds. The van der Waals surface area contributed by atoms with Crippen molar-refractivity contribution in [2.45, 2.75) is 30.7 Å². The zero-order valence-electron chi connectivity index (χ0n) is 9.15. The van der Waals surface area contributed by atoms with Gasteiger partial charge in [-0.15, -0.1) is 11.8 Å². The number of rotatable bonds is 4. The predicted octanol–water partition coefficient (Wildman–Crippen LogP) is 1.63. The van der Waals surface area contributed by atoms with Crippen LogP contribution in [0.2, 0.25) is 0 Å². The second-order valence-electron chi connectivity index (χ2n) is 4.06. The standard InChI is InChI=1S/C10H17N5S/c11-10-13-8(15-12)5-9(14-10)16-6-7-3-1-2-4-7/h5,7H,1-4,6,12H2,(H3,11,13,14,15). The third-order valence-electron chi connectivity index (χ3n) is 2.81. The monoisotopic (exact) mass is 239 g/mol. The second-order valence-corrected chi connectivity index (χ2v) is 5.10. The lowest BCUT2D eigenvalue weighted by Gasteiger charge is -2.08. The molecule has 88 valence electrons. The highest BCUT2D eigenvalue weighted by Crippen LogP contribution is 2.30. The van der Waals surface area contributed by atoms with Crippen molar-refractivity contribution in [3.8, 4) is 0 Å². The summed E-state index contributed by atoms with van der Waals surface area (Å²) >= 11 is 1.73. The first kappa shape index (κ1) is 11.5. The van der Waals surface area contributed by atoms with Crippen molar-refractivity contribution in [2.75, 3.05) is 16.9 Å². The van der Waals surface area contributed by atoms with Crippen molar-refractivity contribution in [3.63, 3.8) is 0 Å². The Morgan fingerprint density at radius 1 is 1.38 bits per heavy atom. The van der Waals surface area contributed by atoms with Crippen molar-refractivity contribution in [2.24, 2.45) is 11.8 Å². The van der Waals surface area contributed by atoms with Gasteiger partial charge in [-0.25, -0.2) is 10.8 Å². The van der Waals surface area contributed by atoms with E-state index in [1.54, 1.807) is 11.8 Å². The second kappa shape index (κ2) is 5.36. The Kier molecular flexibility index (Phi) is 3.84. The van der Waals surface area contributed by atoms with Crippen molar-refractivity contribution in [1.82, 2.24) is 9.97 Å². The average Bonchev–Trinajstić information content (AvgIpc) is 2.78. The predicted molar refractivity (Wildman–Crippen MR) is 66.9 cm³/mol. The molecule has 0 radical (unpaired) electrons. The summed E-state index contributed by atoms with van der Waals surface area (Å²) in [5.41, 5.74) is 8.08. The molecule has 1 aromatic rings. The number of thioether (sulfide) groups is 1. The molecule has 0 aliphatic heterocycles. The molecule has 1 heterocycles. The van der Waals surface area contributed by atoms with Gasteiger partial charge in [-0.05, 0) is 18.8 Å². The molecule has 5 nitrogen and oxygen atoms in total. The molecule has 2 rings (SSSR count). The van der Waals surface area contributed by atoms with Crippen LogP contribution < -0.4 is 17.0 Å². The van der Waals surface area contributed by atoms with Gasteiger partial charge in [-0.1, -0.05) is 12.8 Å². The van der Waals surface area contributed by atoms with E-state index in [4.69, 9.17) is 11.6 Å². The van der Waals surface area contributed by atoms with Gasteiger partial charge in [0.25, 0.3) is 0 Å². The Morgan fingerprint density at radius 3 is 2.81 bits per heavy atom. The van der Waals surface area contributed by atoms with Crippen LogP contribution in [0.25, 0.3) is 0 Å². The first-order valence-electron chi connectivity index (χ1n) is 5.52. The van der Waals surface area contributed by atoms with E-state index in [1.807, 2.05) is 6.07 Å². The van der Waals surface area contributed by atoms with E-state index in [0.717, 1.165) is 16.7 Å². The molecule has 0 bridgehead atoms. The lowest BCUT2D eigenvalue weighted by molar-refractivity contribution is 0.623. The molecular formula is C10H17N5S. The Balaban J connectivity index is 1.94. The maximum absolute atomic E-state index is 5.59. The minimum atomic E-state index is 0.268. The Hall–Kier alpha value is -1.01. The van der Waals surface area contributed by atoms with Gasteiger partial charge in [-0.3, -0.25) is 0 Å². The lowest BCUT2D eigenvalue weighted by Crippen LogP contribution is -2.10. The number of hydrogen-bond acceptors (Lipinski definition) is 6. The molecule has 16 heavy (non-hydrogen) atoms. The SMILES string of the molecule is NNc1cc(SCC2CCCC2)nc(N)n1. The van der Waals surface area contributed by atoms with Gasteiger partial charge in [0.1, 0.15) is 10.8 Å². The number of nitrogens with one attached hydrogen (secondary N) is 1. The first-order valence-corrected chi connectivity index (χ1v) is 6.50. The maximum atomic E-state index is 5.59. The average molecular weight is 239 g/mol. The van der Waals surface area contributed by atoms with E-state index < -0.39 is 0 Å². The Labute approximate surface area is 99.4 Å². The minimum absolute atomic E-state index is 0.268. The molecule has 0 aromatic carbocycles. The van der Waals surface area contributed by atoms with Gasteiger partial charge in [-0.2, -0.15) is 4.98 Å². The molecule has 1 saturated carbocycles. The highest BCUT2D eigenvalue weighted by molar-refractivity contribution is 7.99. The summed E-state index contributed by atoms with van der Waals surface area (Å²) in [6.45, 7) is 0. The molecule has 0 spiro atoms. The summed E-state index contributed by atoms with van der Waals surface area (Å²) in [4.78, 5) is 8.13. The normalized spacial score (nSPS) is 16.6. The maximum Gasteiger partial charge on any atom is 0.223 e. The summed E-state index contributed by atoms with van der Waals surface area (Å²) in [6, 6.07) is 1.83. The van der Waals surface area contributed by atoms with Crippen LogP contribution in [0.5, 0.6) is 0 Å². The molecule has 0 atom stereocenters. The molecule has 6 heteroatoms. The number of aromatic nitrogens is 2. The van der Waals surface area contributed by atoms with Crippen molar-refractivity contribution < 1.29 is 0 Å². The zero-order valence-corrected chi connectivity index (χ0v) is 9.96. The van der Waals surface area contributed by atoms with Crippen molar-refractivity contribution >= 4 is 23.5 Å². The highest BCUT2D eigenvalue weighted by atomic mass is 32.2. The van der Waals surface area contributed by atoms with Crippen LogP contribution in [-0.2, 0) is 0 Å². The van der Waals surface area contributed by atoms with Crippen LogP contribution in [0.1, 0.15) is 25.7 Å². The fraction of sp³-hybridized carbons (Fsp3) is 0.600. The van der Waals surface area contributed by atoms with E-state index in [1.165, 1.54) is 25.7 Å². The van der Waals surface area contributed by atoms with E-state index in [9.17, 15) is 0 Å². The molecular weight excluding hydrogens is 222 g/mol. The highest BCUT2D eigenvalue weighted by Gasteiger charge is 2.15. The van der Waals surface area contributed by atoms with E-state index in [0.29, 0.717) is 5.82 Å². The fourth-order valence-electron chi connectivity index (χ4n) is 1.97. The molecule has 1 aliphatic rings. The molecule has 5 N–H and O–H groups in total. The van der Waals surface area contributed by atoms with Gasteiger partial charge >= 0.3 is 0 Å². The summed E-state index contributed by atoms with van der Waals surface area (Å²) in [5, 5.41) is 0.896. The van der Waals surface area contributed by atoms with Gasteiger partial charge < -0.3 is 11.2 Å². The van der Waals surface area contributed by atoms with Crippen LogP contribution in [0.3, 0.4) is 0 Å². The third-order valence-corrected chi connectivity index (χ3v) is 3.95. The number of hydrazine groups is 1. The third kappa shape index (κ3) is 2.99. The summed E-state index contributed by atoms with van der Waals surface area (Å²) in [7, 11) is 0.